The summed E-state index contributed by atoms with van der Waals surface area (Å²) in [5.74, 6) is 1.08. The van der Waals surface area contributed by atoms with Gasteiger partial charge in [-0.3, -0.25) is 4.79 Å². The lowest BCUT2D eigenvalue weighted by Gasteiger charge is -2.36. The molecule has 0 aromatic carbocycles. The van der Waals surface area contributed by atoms with Gasteiger partial charge in [-0.2, -0.15) is 0 Å². The Bertz CT molecular complexity index is 741. The summed E-state index contributed by atoms with van der Waals surface area (Å²) in [5, 5.41) is 0. The van der Waals surface area contributed by atoms with Crippen LogP contribution in [0.15, 0.2) is 12.4 Å². The molecule has 7 nitrogen and oxygen atoms in total. The van der Waals surface area contributed by atoms with Gasteiger partial charge in [-0.25, -0.2) is 9.78 Å². The molecule has 1 aliphatic heterocycles. The Morgan fingerprint density at radius 3 is 2.52 bits per heavy atom. The van der Waals surface area contributed by atoms with Crippen molar-refractivity contribution in [3.05, 3.63) is 18.2 Å². The van der Waals surface area contributed by atoms with E-state index in [0.29, 0.717) is 19.6 Å². The first-order valence-corrected chi connectivity index (χ1v) is 10.8. The third-order valence-electron chi connectivity index (χ3n) is 6.16. The molecule has 1 aromatic rings. The van der Waals surface area contributed by atoms with Gasteiger partial charge in [0.05, 0.1) is 6.54 Å². The van der Waals surface area contributed by atoms with E-state index in [0.717, 1.165) is 31.6 Å². The fraction of sp³-hybridized carbons (Fsp3) is 0.773. The highest BCUT2D eigenvalue weighted by molar-refractivity contribution is 5.79. The van der Waals surface area contributed by atoms with Crippen LogP contribution in [-0.4, -0.2) is 56.1 Å². The maximum atomic E-state index is 13.0. The number of hydrogen-bond donors (Lipinski definition) is 0. The number of amides is 2. The van der Waals surface area contributed by atoms with Crippen molar-refractivity contribution in [2.45, 2.75) is 85.5 Å². The van der Waals surface area contributed by atoms with Crippen LogP contribution < -0.4 is 0 Å². The van der Waals surface area contributed by atoms with Crippen molar-refractivity contribution in [1.82, 2.24) is 19.4 Å². The van der Waals surface area contributed by atoms with Crippen LogP contribution in [0.3, 0.4) is 0 Å². The summed E-state index contributed by atoms with van der Waals surface area (Å²) >= 11 is 0. The monoisotopic (exact) mass is 404 g/mol. The molecule has 29 heavy (non-hydrogen) atoms. The quantitative estimate of drug-likeness (QED) is 0.751. The first kappa shape index (κ1) is 21.7. The lowest BCUT2D eigenvalue weighted by atomic mass is 9.92. The number of ether oxygens (including phenoxy) is 1. The Labute approximate surface area is 174 Å². The van der Waals surface area contributed by atoms with Gasteiger partial charge in [0, 0.05) is 44.0 Å². The summed E-state index contributed by atoms with van der Waals surface area (Å²) in [5.41, 5.74) is -0.345. The van der Waals surface area contributed by atoms with Crippen LogP contribution in [0.4, 0.5) is 4.79 Å². The Balaban J connectivity index is 1.66. The van der Waals surface area contributed by atoms with E-state index in [9.17, 15) is 9.59 Å². The minimum absolute atomic E-state index is 0.0421. The Hall–Kier alpha value is -2.05. The SMILES string of the molecule is CCn1ccnc1CN(C(=O)C(C)C)[C@@H]1CC12CCN(C(=O)OC(C)(C)C)CC2. The molecule has 1 aliphatic carbocycles. The number of carbonyl (C=O) groups excluding carboxylic acids is 2. The van der Waals surface area contributed by atoms with E-state index in [1.54, 1.807) is 6.20 Å². The van der Waals surface area contributed by atoms with Crippen molar-refractivity contribution in [1.29, 1.82) is 0 Å². The maximum Gasteiger partial charge on any atom is 0.410 e. The van der Waals surface area contributed by atoms with Crippen molar-refractivity contribution in [2.75, 3.05) is 13.1 Å². The molecule has 2 fully saturated rings. The molecular weight excluding hydrogens is 368 g/mol. The fourth-order valence-electron chi connectivity index (χ4n) is 4.37. The molecule has 1 aromatic heterocycles. The number of imidazole rings is 1. The second-order valence-corrected chi connectivity index (χ2v) is 9.80. The number of likely N-dealkylation sites (tertiary alicyclic amines) is 1. The van der Waals surface area contributed by atoms with Crippen LogP contribution in [0.2, 0.25) is 0 Å². The minimum atomic E-state index is -0.476. The molecule has 0 N–H and O–H groups in total. The number of rotatable bonds is 5. The van der Waals surface area contributed by atoms with Gasteiger partial charge in [-0.05, 0) is 52.4 Å². The molecule has 2 aliphatic rings. The summed E-state index contributed by atoms with van der Waals surface area (Å²) in [6, 6.07) is 0.236. The van der Waals surface area contributed by atoms with Gasteiger partial charge in [0.2, 0.25) is 5.91 Å². The van der Waals surface area contributed by atoms with E-state index >= 15 is 0 Å². The minimum Gasteiger partial charge on any atom is -0.444 e. The number of piperidine rings is 1. The van der Waals surface area contributed by atoms with Crippen molar-refractivity contribution in [3.8, 4) is 0 Å². The Morgan fingerprint density at radius 1 is 1.31 bits per heavy atom. The molecular formula is C22H36N4O3. The summed E-state index contributed by atoms with van der Waals surface area (Å²) in [7, 11) is 0. The maximum absolute atomic E-state index is 13.0. The zero-order valence-corrected chi connectivity index (χ0v) is 18.8. The highest BCUT2D eigenvalue weighted by Crippen LogP contribution is 2.57. The molecule has 3 rings (SSSR count). The van der Waals surface area contributed by atoms with Crippen molar-refractivity contribution < 1.29 is 14.3 Å². The average molecular weight is 405 g/mol. The van der Waals surface area contributed by atoms with Crippen molar-refractivity contribution >= 4 is 12.0 Å². The second-order valence-electron chi connectivity index (χ2n) is 9.80. The molecule has 162 valence electrons. The van der Waals surface area contributed by atoms with Crippen LogP contribution in [0.5, 0.6) is 0 Å². The molecule has 2 amide bonds. The first-order valence-electron chi connectivity index (χ1n) is 10.8. The highest BCUT2D eigenvalue weighted by Gasteiger charge is 2.59. The van der Waals surface area contributed by atoms with E-state index in [1.807, 2.05) is 50.6 Å². The van der Waals surface area contributed by atoms with Gasteiger partial charge >= 0.3 is 6.09 Å². The third-order valence-corrected chi connectivity index (χ3v) is 6.16. The number of carbonyl (C=O) groups is 2. The average Bonchev–Trinajstić information content (AvgIpc) is 3.12. The topological polar surface area (TPSA) is 67.7 Å². The Morgan fingerprint density at radius 2 is 1.97 bits per heavy atom. The smallest absolute Gasteiger partial charge is 0.410 e. The van der Waals surface area contributed by atoms with E-state index in [4.69, 9.17) is 4.74 Å². The normalized spacial score (nSPS) is 20.8. The zero-order chi connectivity index (χ0) is 21.4. The van der Waals surface area contributed by atoms with Crippen LogP contribution in [-0.2, 0) is 22.6 Å². The fourth-order valence-corrected chi connectivity index (χ4v) is 4.37. The molecule has 0 radical (unpaired) electrons. The second kappa shape index (κ2) is 8.00. The van der Waals surface area contributed by atoms with E-state index in [-0.39, 0.29) is 29.4 Å². The van der Waals surface area contributed by atoms with E-state index in [1.165, 1.54) is 0 Å². The summed E-state index contributed by atoms with van der Waals surface area (Å²) in [4.78, 5) is 33.7. The molecule has 0 bridgehead atoms. The largest absolute Gasteiger partial charge is 0.444 e. The van der Waals surface area contributed by atoms with Gasteiger partial charge in [-0.1, -0.05) is 13.8 Å². The molecule has 2 heterocycles. The summed E-state index contributed by atoms with van der Waals surface area (Å²) in [6.07, 6.45) is 6.39. The Kier molecular flexibility index (Phi) is 5.97. The van der Waals surface area contributed by atoms with Gasteiger partial charge < -0.3 is 19.1 Å². The predicted octanol–water partition coefficient (Wildman–Crippen LogP) is 3.68. The molecule has 7 heteroatoms. The number of hydrogen-bond acceptors (Lipinski definition) is 4. The van der Waals surface area contributed by atoms with E-state index in [2.05, 4.69) is 16.5 Å². The lowest BCUT2D eigenvalue weighted by Crippen LogP contribution is -2.45. The molecule has 1 saturated carbocycles. The van der Waals surface area contributed by atoms with Crippen LogP contribution in [0, 0.1) is 11.3 Å². The van der Waals surface area contributed by atoms with Crippen molar-refractivity contribution in [2.24, 2.45) is 11.3 Å². The van der Waals surface area contributed by atoms with Gasteiger partial charge in [-0.15, -0.1) is 0 Å². The van der Waals surface area contributed by atoms with Crippen LogP contribution in [0.1, 0.15) is 66.6 Å². The predicted molar refractivity (Wildman–Crippen MR) is 111 cm³/mol. The van der Waals surface area contributed by atoms with Crippen LogP contribution in [0.25, 0.3) is 0 Å². The number of aryl methyl sites for hydroxylation is 1. The summed E-state index contributed by atoms with van der Waals surface area (Å²) in [6.45, 7) is 14.5. The molecule has 1 spiro atoms. The number of aromatic nitrogens is 2. The van der Waals surface area contributed by atoms with Gasteiger partial charge in [0.15, 0.2) is 0 Å². The lowest BCUT2D eigenvalue weighted by molar-refractivity contribution is -0.136. The molecule has 1 saturated heterocycles. The standard InChI is InChI=1S/C22H36N4O3/c1-7-24-13-10-23-18(24)15-26(19(27)16(2)3)17-14-22(17)8-11-25(12-9-22)20(28)29-21(4,5)6/h10,13,16-17H,7-9,11-12,14-15H2,1-6H3/t17-/m1/s1. The molecule has 0 unspecified atom stereocenters. The molecule has 1 atom stereocenters. The third kappa shape index (κ3) is 4.75. The first-order chi connectivity index (χ1) is 13.6. The zero-order valence-electron chi connectivity index (χ0n) is 18.8. The highest BCUT2D eigenvalue weighted by atomic mass is 16.6. The number of nitrogens with zero attached hydrogens (tertiary/aromatic N) is 4. The van der Waals surface area contributed by atoms with E-state index < -0.39 is 5.60 Å². The van der Waals surface area contributed by atoms with Gasteiger partial charge in [0.1, 0.15) is 11.4 Å². The van der Waals surface area contributed by atoms with Gasteiger partial charge in [0.25, 0.3) is 0 Å². The van der Waals surface area contributed by atoms with Crippen molar-refractivity contribution in [3.63, 3.8) is 0 Å². The summed E-state index contributed by atoms with van der Waals surface area (Å²) < 4.78 is 7.61. The van der Waals surface area contributed by atoms with Crippen LogP contribution >= 0.6 is 0 Å².